The molecule has 1 fully saturated rings. The van der Waals surface area contributed by atoms with Gasteiger partial charge in [0.1, 0.15) is 18.4 Å². The van der Waals surface area contributed by atoms with E-state index in [0.717, 1.165) is 5.56 Å². The van der Waals surface area contributed by atoms with Gasteiger partial charge in [0.15, 0.2) is 5.17 Å². The largest absolute Gasteiger partial charge is 0.508 e. The van der Waals surface area contributed by atoms with Crippen molar-refractivity contribution in [2.45, 2.75) is 6.92 Å². The van der Waals surface area contributed by atoms with Crippen molar-refractivity contribution in [3.63, 3.8) is 0 Å². The zero-order valence-electron chi connectivity index (χ0n) is 11.7. The molecule has 1 aromatic heterocycles. The minimum atomic E-state index is -0.0904. The molecular formula is C14H13N5O2S. The molecule has 1 aliphatic rings. The van der Waals surface area contributed by atoms with Crippen molar-refractivity contribution >= 4 is 28.9 Å². The molecule has 3 rings (SSSR count). The number of rotatable bonds is 3. The third kappa shape index (κ3) is 2.86. The number of thioether (sulfide) groups is 1. The van der Waals surface area contributed by atoms with Crippen molar-refractivity contribution in [3.05, 3.63) is 47.4 Å². The van der Waals surface area contributed by atoms with Crippen LogP contribution < -0.4 is 0 Å². The van der Waals surface area contributed by atoms with Gasteiger partial charge < -0.3 is 5.11 Å². The van der Waals surface area contributed by atoms with E-state index in [9.17, 15) is 9.90 Å². The summed E-state index contributed by atoms with van der Waals surface area (Å²) in [7, 11) is 0. The number of hydrogen-bond acceptors (Lipinski definition) is 6. The summed E-state index contributed by atoms with van der Waals surface area (Å²) in [6, 6.07) is 6.67. The smallest absolute Gasteiger partial charge is 0.266 e. The van der Waals surface area contributed by atoms with Crippen molar-refractivity contribution in [1.82, 2.24) is 19.8 Å². The number of phenolic OH excluding ortho intramolecular Hbond substituents is 1. The van der Waals surface area contributed by atoms with Crippen molar-refractivity contribution in [2.24, 2.45) is 5.10 Å². The lowest BCUT2D eigenvalue weighted by molar-refractivity contribution is -0.122. The molecule has 1 N–H and O–H groups in total. The van der Waals surface area contributed by atoms with E-state index in [2.05, 4.69) is 15.3 Å². The fourth-order valence-electron chi connectivity index (χ4n) is 1.93. The molecule has 0 radical (unpaired) electrons. The Labute approximate surface area is 131 Å². The molecule has 112 valence electrons. The number of carbonyl (C=O) groups is 1. The Hall–Kier alpha value is -2.61. The fourth-order valence-corrected chi connectivity index (χ4v) is 2.98. The molecule has 2 aromatic rings. The number of likely N-dealkylation sites (N-methyl/N-ethyl adjacent to an activating group) is 1. The van der Waals surface area contributed by atoms with Crippen LogP contribution >= 0.6 is 11.8 Å². The third-order valence-electron chi connectivity index (χ3n) is 3.00. The van der Waals surface area contributed by atoms with Gasteiger partial charge in [0.2, 0.25) is 0 Å². The number of amidine groups is 1. The fraction of sp³-hybridized carbons (Fsp3) is 0.143. The number of hydrogen-bond donors (Lipinski definition) is 1. The zero-order valence-corrected chi connectivity index (χ0v) is 12.6. The molecule has 0 spiro atoms. The van der Waals surface area contributed by atoms with Crippen LogP contribution in [0.5, 0.6) is 5.75 Å². The first-order chi connectivity index (χ1) is 10.7. The summed E-state index contributed by atoms with van der Waals surface area (Å²) >= 11 is 1.30. The van der Waals surface area contributed by atoms with Gasteiger partial charge in [-0.2, -0.15) is 0 Å². The average Bonchev–Trinajstić information content (AvgIpc) is 3.11. The highest BCUT2D eigenvalue weighted by atomic mass is 32.2. The summed E-state index contributed by atoms with van der Waals surface area (Å²) in [5.41, 5.74) is 0.843. The lowest BCUT2D eigenvalue weighted by atomic mass is 10.2. The van der Waals surface area contributed by atoms with E-state index in [-0.39, 0.29) is 11.7 Å². The second kappa shape index (κ2) is 6.02. The van der Waals surface area contributed by atoms with Crippen molar-refractivity contribution < 1.29 is 9.90 Å². The Morgan fingerprint density at radius 1 is 1.27 bits per heavy atom. The van der Waals surface area contributed by atoms with Crippen LogP contribution in [0.4, 0.5) is 0 Å². The Morgan fingerprint density at radius 3 is 2.59 bits per heavy atom. The summed E-state index contributed by atoms with van der Waals surface area (Å²) in [6.07, 6.45) is 4.71. The molecule has 22 heavy (non-hydrogen) atoms. The molecule has 0 bridgehead atoms. The summed E-state index contributed by atoms with van der Waals surface area (Å²) in [4.78, 5) is 14.6. The number of aromatic hydroxyl groups is 1. The highest BCUT2D eigenvalue weighted by Crippen LogP contribution is 2.32. The maximum absolute atomic E-state index is 12.4. The maximum atomic E-state index is 12.4. The quantitative estimate of drug-likeness (QED) is 0.872. The van der Waals surface area contributed by atoms with E-state index in [4.69, 9.17) is 0 Å². The van der Waals surface area contributed by atoms with E-state index in [0.29, 0.717) is 16.6 Å². The minimum Gasteiger partial charge on any atom is -0.508 e. The average molecular weight is 315 g/mol. The molecule has 8 heteroatoms. The molecule has 1 amide bonds. The topological polar surface area (TPSA) is 83.6 Å². The van der Waals surface area contributed by atoms with E-state index in [1.165, 1.54) is 29.1 Å². The van der Waals surface area contributed by atoms with Crippen LogP contribution in [0.15, 0.2) is 46.9 Å². The van der Waals surface area contributed by atoms with Gasteiger partial charge in [-0.15, -0.1) is 15.3 Å². The van der Waals surface area contributed by atoms with Crippen LogP contribution in [0.2, 0.25) is 0 Å². The van der Waals surface area contributed by atoms with Crippen LogP contribution in [0.25, 0.3) is 6.08 Å². The monoisotopic (exact) mass is 315 g/mol. The van der Waals surface area contributed by atoms with Crippen molar-refractivity contribution in [1.29, 1.82) is 0 Å². The third-order valence-corrected chi connectivity index (χ3v) is 4.00. The number of benzene rings is 1. The summed E-state index contributed by atoms with van der Waals surface area (Å²) in [5.74, 6) is 0.102. The van der Waals surface area contributed by atoms with Crippen molar-refractivity contribution in [3.8, 4) is 5.75 Å². The van der Waals surface area contributed by atoms with E-state index in [1.807, 2.05) is 6.92 Å². The molecule has 0 atom stereocenters. The van der Waals surface area contributed by atoms with Gasteiger partial charge in [-0.05, 0) is 42.5 Å². The van der Waals surface area contributed by atoms with Gasteiger partial charge in [0, 0.05) is 6.54 Å². The minimum absolute atomic E-state index is 0.0904. The lowest BCUT2D eigenvalue weighted by Gasteiger charge is -2.11. The molecule has 0 saturated carbocycles. The molecule has 2 heterocycles. The number of aromatic nitrogens is 3. The highest BCUT2D eigenvalue weighted by Gasteiger charge is 2.32. The lowest BCUT2D eigenvalue weighted by Crippen LogP contribution is -2.29. The van der Waals surface area contributed by atoms with E-state index >= 15 is 0 Å². The van der Waals surface area contributed by atoms with Gasteiger partial charge in [-0.1, -0.05) is 12.1 Å². The van der Waals surface area contributed by atoms with Crippen molar-refractivity contribution in [2.75, 3.05) is 6.54 Å². The number of nitrogens with zero attached hydrogens (tertiary/aromatic N) is 5. The first kappa shape index (κ1) is 14.3. The van der Waals surface area contributed by atoms with Crippen LogP contribution in [-0.4, -0.2) is 42.5 Å². The summed E-state index contributed by atoms with van der Waals surface area (Å²) in [5, 5.41) is 21.6. The van der Waals surface area contributed by atoms with Gasteiger partial charge in [0.25, 0.3) is 5.91 Å². The Kier molecular flexibility index (Phi) is 3.92. The Balaban J connectivity index is 1.91. The van der Waals surface area contributed by atoms with Crippen LogP contribution in [0.1, 0.15) is 12.5 Å². The number of phenols is 1. The molecule has 0 unspecified atom stereocenters. The predicted molar refractivity (Wildman–Crippen MR) is 83.9 cm³/mol. The van der Waals surface area contributed by atoms with Gasteiger partial charge in [0.05, 0.1) is 4.91 Å². The first-order valence-corrected chi connectivity index (χ1v) is 7.43. The Bertz CT molecular complexity index is 737. The highest BCUT2D eigenvalue weighted by molar-refractivity contribution is 8.18. The van der Waals surface area contributed by atoms with Crippen LogP contribution in [0.3, 0.4) is 0 Å². The Morgan fingerprint density at radius 2 is 1.95 bits per heavy atom. The molecule has 7 nitrogen and oxygen atoms in total. The maximum Gasteiger partial charge on any atom is 0.266 e. The molecule has 1 saturated heterocycles. The second-order valence-corrected chi connectivity index (χ2v) is 5.49. The first-order valence-electron chi connectivity index (χ1n) is 6.61. The van der Waals surface area contributed by atoms with E-state index in [1.54, 1.807) is 35.2 Å². The van der Waals surface area contributed by atoms with Gasteiger partial charge in [-0.3, -0.25) is 9.69 Å². The van der Waals surface area contributed by atoms with Gasteiger partial charge in [-0.25, -0.2) is 4.68 Å². The molecule has 1 aromatic carbocycles. The molecule has 0 aliphatic carbocycles. The van der Waals surface area contributed by atoms with Crippen LogP contribution in [-0.2, 0) is 4.79 Å². The predicted octanol–water partition coefficient (Wildman–Crippen LogP) is 1.74. The standard InChI is InChI=1S/C14H13N5O2S/c1-2-19-13(21)12(7-10-3-5-11(20)6-4-10)22-14(19)17-18-8-15-16-9-18/h3-9,20H,2H2,1H3/b12-7-,17-14-. The van der Waals surface area contributed by atoms with Gasteiger partial charge >= 0.3 is 0 Å². The second-order valence-electron chi connectivity index (χ2n) is 4.48. The molecular weight excluding hydrogens is 302 g/mol. The van der Waals surface area contributed by atoms with Crippen LogP contribution in [0, 0.1) is 0 Å². The van der Waals surface area contributed by atoms with E-state index < -0.39 is 0 Å². The summed E-state index contributed by atoms with van der Waals surface area (Å²) < 4.78 is 1.46. The SMILES string of the molecule is CCN1C(=O)/C(=C/c2ccc(O)cc2)S/C1=N\n1cnnc1. The normalized spacial score (nSPS) is 18.6. The molecule has 1 aliphatic heterocycles. The zero-order chi connectivity index (χ0) is 15.5. The number of carbonyl (C=O) groups excluding carboxylic acids is 1. The number of amides is 1. The summed E-state index contributed by atoms with van der Waals surface area (Å²) in [6.45, 7) is 2.42.